The molecule has 0 saturated carbocycles. The number of likely N-dealkylation sites (tertiary alicyclic amines) is 1. The number of morpholine rings is 1. The second-order valence-corrected chi connectivity index (χ2v) is 10.7. The molecule has 2 aromatic rings. The van der Waals surface area contributed by atoms with Crippen LogP contribution < -0.4 is 14.5 Å². The maximum atomic E-state index is 12.6. The standard InChI is InChI=1S/C29H37N5O3/c1-23-4-2-11-32(20-23)12-3-15-36-27-7-5-25(6-8-27)33-13-9-29(10-14-33)22-34(28(35)21-37-29)26-16-24(17-30)18-31-19-26/h5-8,16,18-19,23H,2-4,9-15,20-22H2,1H3/t23-/m0/s1. The molecule has 1 spiro atoms. The van der Waals surface area contributed by atoms with Gasteiger partial charge < -0.3 is 24.2 Å². The van der Waals surface area contributed by atoms with Gasteiger partial charge in [0.05, 0.1) is 36.2 Å². The molecular formula is C29H37N5O3. The van der Waals surface area contributed by atoms with Crippen molar-refractivity contribution in [1.29, 1.82) is 5.26 Å². The summed E-state index contributed by atoms with van der Waals surface area (Å²) in [5, 5.41) is 9.20. The van der Waals surface area contributed by atoms with Crippen molar-refractivity contribution in [2.24, 2.45) is 5.92 Å². The zero-order valence-corrected chi connectivity index (χ0v) is 21.8. The second kappa shape index (κ2) is 11.5. The van der Waals surface area contributed by atoms with Crippen LogP contribution in [-0.4, -0.2) is 73.9 Å². The summed E-state index contributed by atoms with van der Waals surface area (Å²) in [5.74, 6) is 1.64. The van der Waals surface area contributed by atoms with E-state index in [0.717, 1.165) is 57.2 Å². The minimum absolute atomic E-state index is 0.0552. The van der Waals surface area contributed by atoms with Gasteiger partial charge in [-0.3, -0.25) is 9.78 Å². The number of aromatic nitrogens is 1. The van der Waals surface area contributed by atoms with E-state index < -0.39 is 0 Å². The fraction of sp³-hybridized carbons (Fsp3) is 0.552. The average Bonchev–Trinajstić information content (AvgIpc) is 2.93. The van der Waals surface area contributed by atoms with E-state index in [1.807, 2.05) is 0 Å². The Morgan fingerprint density at radius 1 is 1.16 bits per heavy atom. The molecule has 4 heterocycles. The molecule has 1 aromatic carbocycles. The lowest BCUT2D eigenvalue weighted by Gasteiger charge is -2.47. The van der Waals surface area contributed by atoms with E-state index in [2.05, 4.69) is 52.0 Å². The van der Waals surface area contributed by atoms with Crippen LogP contribution in [0.1, 0.15) is 44.6 Å². The Morgan fingerprint density at radius 3 is 2.73 bits per heavy atom. The molecule has 3 aliphatic heterocycles. The third-order valence-corrected chi connectivity index (χ3v) is 7.92. The Bertz CT molecular complexity index is 1110. The van der Waals surface area contributed by atoms with Gasteiger partial charge in [-0.05, 0) is 74.9 Å². The van der Waals surface area contributed by atoms with Gasteiger partial charge in [-0.25, -0.2) is 0 Å². The van der Waals surface area contributed by atoms with Crippen molar-refractivity contribution in [2.75, 3.05) is 62.3 Å². The van der Waals surface area contributed by atoms with Crippen molar-refractivity contribution < 1.29 is 14.3 Å². The molecule has 0 N–H and O–H groups in total. The predicted molar refractivity (Wildman–Crippen MR) is 143 cm³/mol. The van der Waals surface area contributed by atoms with Crippen LogP contribution in [0.15, 0.2) is 42.7 Å². The Labute approximate surface area is 219 Å². The van der Waals surface area contributed by atoms with Crippen LogP contribution in [0.2, 0.25) is 0 Å². The number of amides is 1. The van der Waals surface area contributed by atoms with E-state index >= 15 is 0 Å². The molecule has 3 fully saturated rings. The molecule has 1 aromatic heterocycles. The highest BCUT2D eigenvalue weighted by Crippen LogP contribution is 2.34. The fourth-order valence-corrected chi connectivity index (χ4v) is 5.78. The molecular weight excluding hydrogens is 466 g/mol. The zero-order valence-electron chi connectivity index (χ0n) is 21.8. The summed E-state index contributed by atoms with van der Waals surface area (Å²) in [6.45, 7) is 8.90. The van der Waals surface area contributed by atoms with Crippen LogP contribution in [0.3, 0.4) is 0 Å². The molecule has 196 valence electrons. The molecule has 0 unspecified atom stereocenters. The molecule has 37 heavy (non-hydrogen) atoms. The Hall–Kier alpha value is -3.15. The van der Waals surface area contributed by atoms with Crippen LogP contribution in [0.4, 0.5) is 11.4 Å². The molecule has 5 rings (SSSR count). The first-order valence-electron chi connectivity index (χ1n) is 13.5. The Kier molecular flexibility index (Phi) is 7.92. The van der Waals surface area contributed by atoms with E-state index in [9.17, 15) is 10.1 Å². The molecule has 1 atom stereocenters. The van der Waals surface area contributed by atoms with Gasteiger partial charge in [-0.1, -0.05) is 6.92 Å². The lowest BCUT2D eigenvalue weighted by atomic mass is 9.88. The first kappa shape index (κ1) is 25.5. The molecule has 3 saturated heterocycles. The number of nitriles is 1. The number of nitrogens with zero attached hydrogens (tertiary/aromatic N) is 5. The van der Waals surface area contributed by atoms with E-state index in [-0.39, 0.29) is 18.1 Å². The summed E-state index contributed by atoms with van der Waals surface area (Å²) >= 11 is 0. The summed E-state index contributed by atoms with van der Waals surface area (Å²) in [7, 11) is 0. The molecule has 1 amide bonds. The number of hydrogen-bond donors (Lipinski definition) is 0. The van der Waals surface area contributed by atoms with Gasteiger partial charge in [0.15, 0.2) is 0 Å². The van der Waals surface area contributed by atoms with Gasteiger partial charge in [-0.15, -0.1) is 0 Å². The number of benzene rings is 1. The monoisotopic (exact) mass is 503 g/mol. The topological polar surface area (TPSA) is 81.9 Å². The number of pyridine rings is 1. The highest BCUT2D eigenvalue weighted by Gasteiger charge is 2.43. The molecule has 0 radical (unpaired) electrons. The predicted octanol–water partition coefficient (Wildman–Crippen LogP) is 3.86. The van der Waals surface area contributed by atoms with Gasteiger partial charge in [-0.2, -0.15) is 5.26 Å². The molecule has 8 nitrogen and oxygen atoms in total. The van der Waals surface area contributed by atoms with E-state index in [1.54, 1.807) is 17.2 Å². The number of rotatable bonds is 7. The largest absolute Gasteiger partial charge is 0.494 e. The van der Waals surface area contributed by atoms with Crippen molar-refractivity contribution in [1.82, 2.24) is 9.88 Å². The van der Waals surface area contributed by atoms with Crippen molar-refractivity contribution in [3.8, 4) is 11.8 Å². The lowest BCUT2D eigenvalue weighted by molar-refractivity contribution is -0.141. The quantitative estimate of drug-likeness (QED) is 0.531. The number of ether oxygens (including phenoxy) is 2. The van der Waals surface area contributed by atoms with E-state index in [4.69, 9.17) is 9.47 Å². The molecule has 0 aliphatic carbocycles. The van der Waals surface area contributed by atoms with Crippen molar-refractivity contribution in [3.63, 3.8) is 0 Å². The maximum Gasteiger partial charge on any atom is 0.253 e. The first-order chi connectivity index (χ1) is 18.0. The minimum Gasteiger partial charge on any atom is -0.494 e. The van der Waals surface area contributed by atoms with Gasteiger partial charge in [0.25, 0.3) is 5.91 Å². The van der Waals surface area contributed by atoms with Gasteiger partial charge in [0.1, 0.15) is 18.4 Å². The van der Waals surface area contributed by atoms with Crippen LogP contribution >= 0.6 is 0 Å². The number of hydrogen-bond acceptors (Lipinski definition) is 7. The summed E-state index contributed by atoms with van der Waals surface area (Å²) in [6, 6.07) is 12.2. The molecule has 3 aliphatic rings. The SMILES string of the molecule is C[C@H]1CCCN(CCCOc2ccc(N3CCC4(CC3)CN(c3cncc(C#N)c3)C(=O)CO4)cc2)C1. The minimum atomic E-state index is -0.373. The summed E-state index contributed by atoms with van der Waals surface area (Å²) < 4.78 is 12.1. The highest BCUT2D eigenvalue weighted by molar-refractivity contribution is 5.95. The van der Waals surface area contributed by atoms with Crippen LogP contribution in [-0.2, 0) is 9.53 Å². The zero-order chi connectivity index (χ0) is 25.7. The third kappa shape index (κ3) is 6.23. The van der Waals surface area contributed by atoms with Crippen molar-refractivity contribution in [3.05, 3.63) is 48.3 Å². The van der Waals surface area contributed by atoms with Crippen molar-refractivity contribution in [2.45, 2.75) is 44.6 Å². The van der Waals surface area contributed by atoms with Gasteiger partial charge in [0.2, 0.25) is 0 Å². The second-order valence-electron chi connectivity index (χ2n) is 10.7. The van der Waals surface area contributed by atoms with Crippen LogP contribution in [0.25, 0.3) is 0 Å². The molecule has 8 heteroatoms. The highest BCUT2D eigenvalue weighted by atomic mass is 16.5. The fourth-order valence-electron chi connectivity index (χ4n) is 5.78. The van der Waals surface area contributed by atoms with E-state index in [0.29, 0.717) is 17.8 Å². The smallest absolute Gasteiger partial charge is 0.253 e. The maximum absolute atomic E-state index is 12.6. The number of piperidine rings is 2. The number of carbonyl (C=O) groups is 1. The van der Waals surface area contributed by atoms with E-state index in [1.165, 1.54) is 37.8 Å². The molecule has 0 bridgehead atoms. The van der Waals surface area contributed by atoms with Crippen LogP contribution in [0.5, 0.6) is 5.75 Å². The van der Waals surface area contributed by atoms with Gasteiger partial charge >= 0.3 is 0 Å². The summed E-state index contributed by atoms with van der Waals surface area (Å²) in [5.41, 5.74) is 1.92. The van der Waals surface area contributed by atoms with Crippen molar-refractivity contribution >= 4 is 17.3 Å². The summed E-state index contributed by atoms with van der Waals surface area (Å²) in [4.78, 5) is 23.4. The lowest BCUT2D eigenvalue weighted by Crippen LogP contribution is -2.59. The number of anilines is 2. The summed E-state index contributed by atoms with van der Waals surface area (Å²) in [6.07, 6.45) is 8.54. The Balaban J connectivity index is 1.10. The first-order valence-corrected chi connectivity index (χ1v) is 13.5. The third-order valence-electron chi connectivity index (χ3n) is 7.92. The van der Waals surface area contributed by atoms with Gasteiger partial charge in [0, 0.05) is 38.1 Å². The Morgan fingerprint density at radius 2 is 1.97 bits per heavy atom. The average molecular weight is 504 g/mol. The van der Waals surface area contributed by atoms with Crippen LogP contribution in [0, 0.1) is 17.2 Å². The normalized spacial score (nSPS) is 22.2. The number of carbonyl (C=O) groups excluding carboxylic acids is 1.